The van der Waals surface area contributed by atoms with E-state index in [-0.39, 0.29) is 5.69 Å². The molecule has 0 heterocycles. The summed E-state index contributed by atoms with van der Waals surface area (Å²) in [6.07, 6.45) is 0. The number of aryl methyl sites for hydroxylation is 1. The summed E-state index contributed by atoms with van der Waals surface area (Å²) in [5.74, 6) is 0.294. The highest BCUT2D eigenvalue weighted by Gasteiger charge is 2.14. The van der Waals surface area contributed by atoms with E-state index in [1.54, 1.807) is 12.1 Å². The van der Waals surface area contributed by atoms with Crippen molar-refractivity contribution in [2.24, 2.45) is 0 Å². The van der Waals surface area contributed by atoms with Gasteiger partial charge in [-0.1, -0.05) is 12.6 Å². The fourth-order valence-corrected chi connectivity index (χ4v) is 1.09. The van der Waals surface area contributed by atoms with E-state index in [0.29, 0.717) is 12.4 Å². The summed E-state index contributed by atoms with van der Waals surface area (Å²) in [7, 11) is 0. The van der Waals surface area contributed by atoms with Gasteiger partial charge >= 0.3 is 5.69 Å². The van der Waals surface area contributed by atoms with Crippen LogP contribution in [0.25, 0.3) is 0 Å². The van der Waals surface area contributed by atoms with Crippen molar-refractivity contribution in [1.82, 2.24) is 0 Å². The first kappa shape index (κ1) is 11.2. The van der Waals surface area contributed by atoms with Crippen molar-refractivity contribution in [3.8, 4) is 5.75 Å². The zero-order valence-corrected chi connectivity index (χ0v) is 8.82. The SMILES string of the molecule is C=C(C)COc1cc(C)ccc1[N+](=O)[O-]. The topological polar surface area (TPSA) is 52.4 Å². The molecule has 4 heteroatoms. The van der Waals surface area contributed by atoms with Gasteiger partial charge in [0.1, 0.15) is 6.61 Å². The quantitative estimate of drug-likeness (QED) is 0.433. The summed E-state index contributed by atoms with van der Waals surface area (Å²) in [6.45, 7) is 7.63. The van der Waals surface area contributed by atoms with Gasteiger partial charge in [-0.25, -0.2) is 0 Å². The van der Waals surface area contributed by atoms with Gasteiger partial charge in [0, 0.05) is 6.07 Å². The van der Waals surface area contributed by atoms with Crippen LogP contribution in [0.3, 0.4) is 0 Å². The maximum Gasteiger partial charge on any atom is 0.310 e. The third-order valence-corrected chi connectivity index (χ3v) is 1.79. The molecule has 0 unspecified atom stereocenters. The van der Waals surface area contributed by atoms with Gasteiger partial charge in [-0.15, -0.1) is 0 Å². The maximum absolute atomic E-state index is 10.7. The molecular formula is C11H13NO3. The first-order chi connectivity index (χ1) is 7.00. The van der Waals surface area contributed by atoms with E-state index in [9.17, 15) is 10.1 Å². The van der Waals surface area contributed by atoms with E-state index < -0.39 is 4.92 Å². The number of nitrogens with zero attached hydrogens (tertiary/aromatic N) is 1. The van der Waals surface area contributed by atoms with E-state index >= 15 is 0 Å². The van der Waals surface area contributed by atoms with E-state index in [0.717, 1.165) is 11.1 Å². The third-order valence-electron chi connectivity index (χ3n) is 1.79. The molecule has 0 aliphatic carbocycles. The molecule has 0 fully saturated rings. The predicted octanol–water partition coefficient (Wildman–Crippen LogP) is 2.86. The molecule has 1 rings (SSSR count). The van der Waals surface area contributed by atoms with Crippen LogP contribution >= 0.6 is 0 Å². The number of nitro groups is 1. The maximum atomic E-state index is 10.7. The molecular weight excluding hydrogens is 194 g/mol. The summed E-state index contributed by atoms with van der Waals surface area (Å²) in [5, 5.41) is 10.7. The third kappa shape index (κ3) is 3.09. The van der Waals surface area contributed by atoms with Crippen LogP contribution in [-0.4, -0.2) is 11.5 Å². The van der Waals surface area contributed by atoms with E-state index in [4.69, 9.17) is 4.74 Å². The zero-order valence-electron chi connectivity index (χ0n) is 8.82. The molecule has 0 aliphatic rings. The second kappa shape index (κ2) is 4.59. The van der Waals surface area contributed by atoms with Crippen molar-refractivity contribution in [1.29, 1.82) is 0 Å². The lowest BCUT2D eigenvalue weighted by molar-refractivity contribution is -0.385. The molecule has 0 radical (unpaired) electrons. The van der Waals surface area contributed by atoms with E-state index in [1.807, 2.05) is 13.8 Å². The van der Waals surface area contributed by atoms with Crippen LogP contribution in [0.15, 0.2) is 30.4 Å². The number of rotatable bonds is 4. The lowest BCUT2D eigenvalue weighted by Gasteiger charge is -2.06. The van der Waals surface area contributed by atoms with Gasteiger partial charge in [-0.2, -0.15) is 0 Å². The molecule has 0 atom stereocenters. The van der Waals surface area contributed by atoms with Crippen molar-refractivity contribution in [3.05, 3.63) is 46.0 Å². The molecule has 0 amide bonds. The lowest BCUT2D eigenvalue weighted by atomic mass is 10.2. The highest BCUT2D eigenvalue weighted by Crippen LogP contribution is 2.27. The Kier molecular flexibility index (Phi) is 3.44. The van der Waals surface area contributed by atoms with Gasteiger partial charge in [-0.3, -0.25) is 10.1 Å². The van der Waals surface area contributed by atoms with Crippen LogP contribution in [0.4, 0.5) is 5.69 Å². The van der Waals surface area contributed by atoms with Gasteiger partial charge in [0.05, 0.1) is 4.92 Å². The Morgan fingerprint density at radius 1 is 1.60 bits per heavy atom. The van der Waals surface area contributed by atoms with Gasteiger partial charge in [0.25, 0.3) is 0 Å². The summed E-state index contributed by atoms with van der Waals surface area (Å²) in [4.78, 5) is 10.2. The van der Waals surface area contributed by atoms with Gasteiger partial charge in [0.15, 0.2) is 5.75 Å². The van der Waals surface area contributed by atoms with Gasteiger partial charge in [0.2, 0.25) is 0 Å². The molecule has 0 aliphatic heterocycles. The Bertz CT molecular complexity index is 399. The Labute approximate surface area is 88.3 Å². The minimum Gasteiger partial charge on any atom is -0.482 e. The summed E-state index contributed by atoms with van der Waals surface area (Å²) >= 11 is 0. The van der Waals surface area contributed by atoms with Crippen molar-refractivity contribution < 1.29 is 9.66 Å². The van der Waals surface area contributed by atoms with Crippen LogP contribution in [0.2, 0.25) is 0 Å². The molecule has 0 bridgehead atoms. The Morgan fingerprint density at radius 2 is 2.27 bits per heavy atom. The molecule has 0 N–H and O–H groups in total. The largest absolute Gasteiger partial charge is 0.482 e. The second-order valence-corrected chi connectivity index (χ2v) is 3.47. The van der Waals surface area contributed by atoms with Crippen molar-refractivity contribution in [3.63, 3.8) is 0 Å². The molecule has 1 aromatic rings. The average molecular weight is 207 g/mol. The van der Waals surface area contributed by atoms with Crippen LogP contribution < -0.4 is 4.74 Å². The fraction of sp³-hybridized carbons (Fsp3) is 0.273. The standard InChI is InChI=1S/C11H13NO3/c1-8(2)7-15-11-6-9(3)4-5-10(11)12(13)14/h4-6H,1,7H2,2-3H3. The minimum atomic E-state index is -0.451. The van der Waals surface area contributed by atoms with Crippen molar-refractivity contribution in [2.45, 2.75) is 13.8 Å². The Balaban J connectivity index is 2.96. The van der Waals surface area contributed by atoms with E-state index in [2.05, 4.69) is 6.58 Å². The average Bonchev–Trinajstić information content (AvgIpc) is 2.14. The fourth-order valence-electron chi connectivity index (χ4n) is 1.09. The molecule has 15 heavy (non-hydrogen) atoms. The van der Waals surface area contributed by atoms with Crippen LogP contribution in [-0.2, 0) is 0 Å². The normalized spacial score (nSPS) is 9.73. The first-order valence-corrected chi connectivity index (χ1v) is 4.53. The number of ether oxygens (including phenoxy) is 1. The van der Waals surface area contributed by atoms with Crippen molar-refractivity contribution in [2.75, 3.05) is 6.61 Å². The van der Waals surface area contributed by atoms with Crippen molar-refractivity contribution >= 4 is 5.69 Å². The summed E-state index contributed by atoms with van der Waals surface area (Å²) in [5.41, 5.74) is 1.74. The molecule has 0 saturated carbocycles. The highest BCUT2D eigenvalue weighted by atomic mass is 16.6. The second-order valence-electron chi connectivity index (χ2n) is 3.47. The number of hydrogen-bond acceptors (Lipinski definition) is 3. The number of hydrogen-bond donors (Lipinski definition) is 0. The highest BCUT2D eigenvalue weighted by molar-refractivity contribution is 5.48. The Morgan fingerprint density at radius 3 is 2.80 bits per heavy atom. The molecule has 80 valence electrons. The summed E-state index contributed by atoms with van der Waals surface area (Å²) in [6, 6.07) is 4.79. The van der Waals surface area contributed by atoms with Crippen LogP contribution in [0.5, 0.6) is 5.75 Å². The smallest absolute Gasteiger partial charge is 0.310 e. The summed E-state index contributed by atoms with van der Waals surface area (Å²) < 4.78 is 5.30. The first-order valence-electron chi connectivity index (χ1n) is 4.53. The molecule has 1 aromatic carbocycles. The zero-order chi connectivity index (χ0) is 11.4. The monoisotopic (exact) mass is 207 g/mol. The van der Waals surface area contributed by atoms with E-state index in [1.165, 1.54) is 6.07 Å². The lowest BCUT2D eigenvalue weighted by Crippen LogP contribution is -2.01. The van der Waals surface area contributed by atoms with Crippen LogP contribution in [0.1, 0.15) is 12.5 Å². The predicted molar refractivity (Wildman–Crippen MR) is 58.1 cm³/mol. The van der Waals surface area contributed by atoms with Crippen LogP contribution in [0, 0.1) is 17.0 Å². The molecule has 0 spiro atoms. The number of nitro benzene ring substituents is 1. The van der Waals surface area contributed by atoms with Gasteiger partial charge < -0.3 is 4.74 Å². The number of benzene rings is 1. The minimum absolute atomic E-state index is 0.0122. The van der Waals surface area contributed by atoms with Gasteiger partial charge in [-0.05, 0) is 31.1 Å². The molecule has 0 aromatic heterocycles. The molecule has 0 saturated heterocycles. The molecule has 4 nitrogen and oxygen atoms in total. The Hall–Kier alpha value is -1.84.